The number of rotatable bonds is 3. The summed E-state index contributed by atoms with van der Waals surface area (Å²) in [5.74, 6) is 0.836. The third kappa shape index (κ3) is 4.05. The summed E-state index contributed by atoms with van der Waals surface area (Å²) in [6.45, 7) is 6.86. The molecular weight excluding hydrogens is 312 g/mol. The SMILES string of the molecule is CCC1CCCCN1C(=O)c1cccc(C(=O)N2CCC(C)CC2)c1. The Hall–Kier alpha value is -1.84. The fourth-order valence-electron chi connectivity index (χ4n) is 4.04. The van der Waals surface area contributed by atoms with Crippen molar-refractivity contribution in [3.8, 4) is 0 Å². The van der Waals surface area contributed by atoms with Crippen LogP contribution in [0, 0.1) is 5.92 Å². The molecule has 3 rings (SSSR count). The lowest BCUT2D eigenvalue weighted by atomic mass is 9.97. The van der Waals surface area contributed by atoms with Gasteiger partial charge in [0.15, 0.2) is 0 Å². The maximum atomic E-state index is 13.0. The van der Waals surface area contributed by atoms with Crippen LogP contribution in [-0.2, 0) is 0 Å². The van der Waals surface area contributed by atoms with Crippen molar-refractivity contribution >= 4 is 11.8 Å². The number of likely N-dealkylation sites (tertiary alicyclic amines) is 2. The smallest absolute Gasteiger partial charge is 0.254 e. The van der Waals surface area contributed by atoms with Crippen LogP contribution >= 0.6 is 0 Å². The number of benzene rings is 1. The Morgan fingerprint density at radius 1 is 1.00 bits per heavy atom. The highest BCUT2D eigenvalue weighted by Crippen LogP contribution is 2.23. The maximum absolute atomic E-state index is 13.0. The average molecular weight is 342 g/mol. The Kier molecular flexibility index (Phi) is 5.77. The first-order valence-corrected chi connectivity index (χ1v) is 9.80. The molecule has 136 valence electrons. The summed E-state index contributed by atoms with van der Waals surface area (Å²) in [7, 11) is 0. The van der Waals surface area contributed by atoms with Crippen molar-refractivity contribution in [3.63, 3.8) is 0 Å². The van der Waals surface area contributed by atoms with Gasteiger partial charge in [-0.2, -0.15) is 0 Å². The summed E-state index contributed by atoms with van der Waals surface area (Å²) in [5, 5.41) is 0. The van der Waals surface area contributed by atoms with Crippen molar-refractivity contribution in [2.75, 3.05) is 19.6 Å². The van der Waals surface area contributed by atoms with Crippen LogP contribution in [0.2, 0.25) is 0 Å². The van der Waals surface area contributed by atoms with E-state index in [0.29, 0.717) is 23.1 Å². The van der Waals surface area contributed by atoms with Crippen LogP contribution < -0.4 is 0 Å². The van der Waals surface area contributed by atoms with Crippen molar-refractivity contribution in [1.82, 2.24) is 9.80 Å². The summed E-state index contributed by atoms with van der Waals surface area (Å²) in [5.41, 5.74) is 1.29. The Labute approximate surface area is 151 Å². The van der Waals surface area contributed by atoms with Crippen molar-refractivity contribution in [3.05, 3.63) is 35.4 Å². The van der Waals surface area contributed by atoms with Crippen molar-refractivity contribution in [2.24, 2.45) is 5.92 Å². The van der Waals surface area contributed by atoms with Gasteiger partial charge in [-0.15, -0.1) is 0 Å². The molecule has 2 aliphatic heterocycles. The molecule has 0 aliphatic carbocycles. The zero-order valence-electron chi connectivity index (χ0n) is 15.5. The van der Waals surface area contributed by atoms with Crippen LogP contribution in [0.25, 0.3) is 0 Å². The molecule has 0 spiro atoms. The molecule has 2 fully saturated rings. The first-order chi connectivity index (χ1) is 12.1. The molecule has 4 heteroatoms. The van der Waals surface area contributed by atoms with Gasteiger partial charge in [0.25, 0.3) is 11.8 Å². The minimum atomic E-state index is 0.0623. The van der Waals surface area contributed by atoms with E-state index in [1.165, 1.54) is 6.42 Å². The number of piperidine rings is 2. The first-order valence-electron chi connectivity index (χ1n) is 9.80. The zero-order chi connectivity index (χ0) is 17.8. The van der Waals surface area contributed by atoms with E-state index in [-0.39, 0.29) is 11.8 Å². The van der Waals surface area contributed by atoms with Gasteiger partial charge in [-0.25, -0.2) is 0 Å². The molecule has 0 aromatic heterocycles. The first kappa shape index (κ1) is 18.0. The van der Waals surface area contributed by atoms with Gasteiger partial charge in [-0.3, -0.25) is 9.59 Å². The van der Waals surface area contributed by atoms with Gasteiger partial charge in [-0.1, -0.05) is 19.9 Å². The quantitative estimate of drug-likeness (QED) is 0.834. The molecule has 0 bridgehead atoms. The fraction of sp³-hybridized carbons (Fsp3) is 0.619. The number of carbonyl (C=O) groups is 2. The molecule has 1 aromatic carbocycles. The molecule has 1 aromatic rings. The summed E-state index contributed by atoms with van der Waals surface area (Å²) >= 11 is 0. The standard InChI is InChI=1S/C21H30N2O2/c1-3-19-9-4-5-12-23(19)21(25)18-8-6-7-17(15-18)20(24)22-13-10-16(2)11-14-22/h6-8,15-16,19H,3-5,9-14H2,1-2H3. The van der Waals surface area contributed by atoms with Crippen molar-refractivity contribution in [2.45, 2.75) is 58.4 Å². The second-order valence-corrected chi connectivity index (χ2v) is 7.61. The van der Waals surface area contributed by atoms with E-state index < -0.39 is 0 Å². The summed E-state index contributed by atoms with van der Waals surface area (Å²) in [6.07, 6.45) is 6.50. The van der Waals surface area contributed by atoms with Gasteiger partial charge in [-0.05, 0) is 62.6 Å². The Balaban J connectivity index is 1.74. The number of hydrogen-bond donors (Lipinski definition) is 0. The monoisotopic (exact) mass is 342 g/mol. The molecular formula is C21H30N2O2. The lowest BCUT2D eigenvalue weighted by Crippen LogP contribution is -2.43. The summed E-state index contributed by atoms with van der Waals surface area (Å²) in [4.78, 5) is 29.7. The highest BCUT2D eigenvalue weighted by molar-refractivity contribution is 5.99. The van der Waals surface area contributed by atoms with Crippen molar-refractivity contribution < 1.29 is 9.59 Å². The van der Waals surface area contributed by atoms with E-state index in [9.17, 15) is 9.59 Å². The Bertz CT molecular complexity index is 620. The van der Waals surface area contributed by atoms with E-state index in [0.717, 1.165) is 51.7 Å². The average Bonchev–Trinajstić information content (AvgIpc) is 2.67. The van der Waals surface area contributed by atoms with Gasteiger partial charge < -0.3 is 9.80 Å². The molecule has 25 heavy (non-hydrogen) atoms. The number of carbonyl (C=O) groups excluding carboxylic acids is 2. The maximum Gasteiger partial charge on any atom is 0.254 e. The molecule has 4 nitrogen and oxygen atoms in total. The summed E-state index contributed by atoms with van der Waals surface area (Å²) in [6, 6.07) is 7.66. The molecule has 2 amide bonds. The van der Waals surface area contributed by atoms with E-state index in [2.05, 4.69) is 13.8 Å². The lowest BCUT2D eigenvalue weighted by molar-refractivity contribution is 0.0608. The van der Waals surface area contributed by atoms with Crippen molar-refractivity contribution in [1.29, 1.82) is 0 Å². The van der Waals surface area contributed by atoms with Gasteiger partial charge >= 0.3 is 0 Å². The largest absolute Gasteiger partial charge is 0.339 e. The van der Waals surface area contributed by atoms with Gasteiger partial charge in [0.1, 0.15) is 0 Å². The highest BCUT2D eigenvalue weighted by Gasteiger charge is 2.27. The number of hydrogen-bond acceptors (Lipinski definition) is 2. The Morgan fingerprint density at radius 2 is 1.68 bits per heavy atom. The van der Waals surface area contributed by atoms with Gasteiger partial charge in [0, 0.05) is 36.8 Å². The van der Waals surface area contributed by atoms with E-state index in [1.807, 2.05) is 28.0 Å². The van der Waals surface area contributed by atoms with Crippen LogP contribution in [0.15, 0.2) is 24.3 Å². The molecule has 2 saturated heterocycles. The lowest BCUT2D eigenvalue weighted by Gasteiger charge is -2.35. The normalized spacial score (nSPS) is 22.1. The topological polar surface area (TPSA) is 40.6 Å². The Morgan fingerprint density at radius 3 is 2.36 bits per heavy atom. The van der Waals surface area contributed by atoms with Crippen LogP contribution in [0.1, 0.15) is 73.1 Å². The van der Waals surface area contributed by atoms with Crippen LogP contribution in [0.4, 0.5) is 0 Å². The summed E-state index contributed by atoms with van der Waals surface area (Å²) < 4.78 is 0. The predicted octanol–water partition coefficient (Wildman–Crippen LogP) is 3.96. The van der Waals surface area contributed by atoms with Crippen LogP contribution in [0.3, 0.4) is 0 Å². The molecule has 2 heterocycles. The predicted molar refractivity (Wildman–Crippen MR) is 99.7 cm³/mol. The second kappa shape index (κ2) is 8.03. The number of nitrogens with zero attached hydrogens (tertiary/aromatic N) is 2. The van der Waals surface area contributed by atoms with Crippen LogP contribution in [0.5, 0.6) is 0 Å². The third-order valence-corrected chi connectivity index (χ3v) is 5.79. The third-order valence-electron chi connectivity index (χ3n) is 5.79. The highest BCUT2D eigenvalue weighted by atomic mass is 16.2. The van der Waals surface area contributed by atoms with E-state index in [4.69, 9.17) is 0 Å². The minimum Gasteiger partial charge on any atom is -0.339 e. The molecule has 1 atom stereocenters. The zero-order valence-corrected chi connectivity index (χ0v) is 15.5. The second-order valence-electron chi connectivity index (χ2n) is 7.61. The fourth-order valence-corrected chi connectivity index (χ4v) is 4.04. The minimum absolute atomic E-state index is 0.0623. The van der Waals surface area contributed by atoms with E-state index >= 15 is 0 Å². The van der Waals surface area contributed by atoms with Gasteiger partial charge in [0.05, 0.1) is 0 Å². The number of amides is 2. The molecule has 2 aliphatic rings. The van der Waals surface area contributed by atoms with E-state index in [1.54, 1.807) is 6.07 Å². The van der Waals surface area contributed by atoms with Gasteiger partial charge in [0.2, 0.25) is 0 Å². The van der Waals surface area contributed by atoms with Crippen LogP contribution in [-0.4, -0.2) is 47.3 Å². The molecule has 0 N–H and O–H groups in total. The molecule has 0 saturated carbocycles. The molecule has 1 unspecified atom stereocenters. The molecule has 0 radical (unpaired) electrons.